The molecule has 2 aromatic carbocycles. The van der Waals surface area contributed by atoms with E-state index in [1.54, 1.807) is 31.2 Å². The van der Waals surface area contributed by atoms with Crippen molar-refractivity contribution in [3.8, 4) is 17.2 Å². The van der Waals surface area contributed by atoms with Gasteiger partial charge in [0.05, 0.1) is 10.0 Å². The summed E-state index contributed by atoms with van der Waals surface area (Å²) in [5, 5.41) is 9.94. The van der Waals surface area contributed by atoms with Crippen molar-refractivity contribution in [1.29, 1.82) is 0 Å². The normalized spacial score (nSPS) is 13.3. The molecule has 23 heavy (non-hydrogen) atoms. The maximum Gasteiger partial charge on any atom is 0.231 e. The number of ether oxygens (including phenoxy) is 2. The van der Waals surface area contributed by atoms with E-state index < -0.39 is 11.6 Å². The van der Waals surface area contributed by atoms with Gasteiger partial charge in [0, 0.05) is 0 Å². The van der Waals surface area contributed by atoms with Gasteiger partial charge in [-0.1, -0.05) is 6.07 Å². The fourth-order valence-electron chi connectivity index (χ4n) is 2.27. The second-order valence-corrected chi connectivity index (χ2v) is 5.91. The minimum absolute atomic E-state index is 0.0913. The lowest BCUT2D eigenvalue weighted by molar-refractivity contribution is 0.103. The SMILES string of the molecule is C/C(=C\c1ccc2c(c1)OCO2)C(=O)c1cc(F)cc(Br)c1O. The highest BCUT2D eigenvalue weighted by Gasteiger charge is 2.18. The number of phenols is 1. The Kier molecular flexibility index (Phi) is 4.09. The van der Waals surface area contributed by atoms with Gasteiger partial charge in [0.25, 0.3) is 0 Å². The minimum Gasteiger partial charge on any atom is -0.506 e. The average Bonchev–Trinajstić information content (AvgIpc) is 2.97. The standard InChI is InChI=1S/C17H12BrFO4/c1-9(4-10-2-3-14-15(5-10)23-8-22-14)16(20)12-6-11(19)7-13(18)17(12)21/h2-7,21H,8H2,1H3/b9-4+. The number of rotatable bonds is 3. The van der Waals surface area contributed by atoms with Gasteiger partial charge in [-0.2, -0.15) is 0 Å². The van der Waals surface area contributed by atoms with Gasteiger partial charge in [-0.15, -0.1) is 0 Å². The fraction of sp³-hybridized carbons (Fsp3) is 0.118. The zero-order valence-electron chi connectivity index (χ0n) is 12.1. The first-order chi connectivity index (χ1) is 11.0. The topological polar surface area (TPSA) is 55.8 Å². The summed E-state index contributed by atoms with van der Waals surface area (Å²) in [5.41, 5.74) is 1.01. The number of phenolic OH excluding ortho intramolecular Hbond substituents is 1. The molecule has 1 aliphatic heterocycles. The molecule has 118 valence electrons. The fourth-order valence-corrected chi connectivity index (χ4v) is 2.70. The van der Waals surface area contributed by atoms with Crippen molar-refractivity contribution in [3.05, 3.63) is 57.3 Å². The molecule has 6 heteroatoms. The van der Waals surface area contributed by atoms with Crippen molar-refractivity contribution in [3.63, 3.8) is 0 Å². The number of carbonyl (C=O) groups excluding carboxylic acids is 1. The lowest BCUT2D eigenvalue weighted by Gasteiger charge is -2.07. The minimum atomic E-state index is -0.603. The van der Waals surface area contributed by atoms with Crippen molar-refractivity contribution >= 4 is 27.8 Å². The molecular weight excluding hydrogens is 367 g/mol. The largest absolute Gasteiger partial charge is 0.506 e. The molecule has 3 rings (SSSR count). The van der Waals surface area contributed by atoms with Crippen LogP contribution in [0.1, 0.15) is 22.8 Å². The summed E-state index contributed by atoms with van der Waals surface area (Å²) in [6.07, 6.45) is 1.64. The second-order valence-electron chi connectivity index (χ2n) is 5.05. The van der Waals surface area contributed by atoms with Crippen molar-refractivity contribution in [2.75, 3.05) is 6.79 Å². The number of fused-ring (bicyclic) bond motifs is 1. The quantitative estimate of drug-likeness (QED) is 0.638. The average molecular weight is 379 g/mol. The molecule has 0 fully saturated rings. The highest BCUT2D eigenvalue weighted by atomic mass is 79.9. The van der Waals surface area contributed by atoms with Gasteiger partial charge in [0.15, 0.2) is 17.3 Å². The van der Waals surface area contributed by atoms with E-state index in [9.17, 15) is 14.3 Å². The number of hydrogen-bond acceptors (Lipinski definition) is 4. The molecule has 1 aliphatic rings. The van der Waals surface area contributed by atoms with Crippen LogP contribution in [0, 0.1) is 5.82 Å². The highest BCUT2D eigenvalue weighted by molar-refractivity contribution is 9.10. The molecule has 0 aliphatic carbocycles. The number of aromatic hydroxyl groups is 1. The van der Waals surface area contributed by atoms with E-state index in [1.807, 2.05) is 0 Å². The summed E-state index contributed by atoms with van der Waals surface area (Å²) < 4.78 is 24.1. The Morgan fingerprint density at radius 2 is 2.00 bits per heavy atom. The van der Waals surface area contributed by atoms with E-state index in [0.29, 0.717) is 17.1 Å². The molecule has 0 saturated carbocycles. The number of Topliss-reactive ketones (excluding diaryl/α,β-unsaturated/α-hetero) is 1. The van der Waals surface area contributed by atoms with Gasteiger partial charge in [-0.05, 0) is 64.3 Å². The summed E-state index contributed by atoms with van der Waals surface area (Å²) >= 11 is 3.02. The van der Waals surface area contributed by atoms with Gasteiger partial charge < -0.3 is 14.6 Å². The van der Waals surface area contributed by atoms with E-state index in [4.69, 9.17) is 9.47 Å². The van der Waals surface area contributed by atoms with Crippen LogP contribution in [0.4, 0.5) is 4.39 Å². The Hall–Kier alpha value is -2.34. The molecule has 0 unspecified atom stereocenters. The van der Waals surface area contributed by atoms with Gasteiger partial charge in [0.2, 0.25) is 6.79 Å². The first kappa shape index (κ1) is 15.6. The van der Waals surface area contributed by atoms with Crippen LogP contribution in [-0.2, 0) is 0 Å². The van der Waals surface area contributed by atoms with Crippen LogP contribution in [0.25, 0.3) is 6.08 Å². The summed E-state index contributed by atoms with van der Waals surface area (Å²) in [6.45, 7) is 1.77. The van der Waals surface area contributed by atoms with E-state index in [0.717, 1.165) is 17.7 Å². The summed E-state index contributed by atoms with van der Waals surface area (Å²) in [4.78, 5) is 12.4. The molecule has 0 radical (unpaired) electrons. The van der Waals surface area contributed by atoms with Crippen LogP contribution in [0.5, 0.6) is 17.2 Å². The van der Waals surface area contributed by atoms with Crippen molar-refractivity contribution in [2.24, 2.45) is 0 Å². The van der Waals surface area contributed by atoms with Crippen molar-refractivity contribution in [2.45, 2.75) is 6.92 Å². The Morgan fingerprint density at radius 3 is 2.78 bits per heavy atom. The van der Waals surface area contributed by atoms with Crippen LogP contribution in [0.3, 0.4) is 0 Å². The zero-order valence-corrected chi connectivity index (χ0v) is 13.7. The molecule has 0 atom stereocenters. The summed E-state index contributed by atoms with van der Waals surface area (Å²) in [5.74, 6) is -0.0858. The molecule has 0 aromatic heterocycles. The Bertz CT molecular complexity index is 830. The number of halogens is 2. The van der Waals surface area contributed by atoms with Gasteiger partial charge in [-0.25, -0.2) is 4.39 Å². The molecule has 1 N–H and O–H groups in total. The van der Waals surface area contributed by atoms with Crippen LogP contribution in [0.15, 0.2) is 40.4 Å². The third-order valence-corrected chi connectivity index (χ3v) is 4.02. The van der Waals surface area contributed by atoms with Crippen LogP contribution in [0.2, 0.25) is 0 Å². The smallest absolute Gasteiger partial charge is 0.231 e. The molecule has 0 saturated heterocycles. The Labute approximate surface area is 140 Å². The van der Waals surface area contributed by atoms with Crippen LogP contribution >= 0.6 is 15.9 Å². The van der Waals surface area contributed by atoms with E-state index >= 15 is 0 Å². The molecule has 2 aromatic rings. The third kappa shape index (κ3) is 3.07. The van der Waals surface area contributed by atoms with E-state index in [1.165, 1.54) is 0 Å². The maximum atomic E-state index is 13.5. The molecular formula is C17H12BrFO4. The zero-order chi connectivity index (χ0) is 16.6. The van der Waals surface area contributed by atoms with E-state index in [2.05, 4.69) is 15.9 Å². The molecule has 4 nitrogen and oxygen atoms in total. The predicted octanol–water partition coefficient (Wildman–Crippen LogP) is 4.31. The first-order valence-corrected chi connectivity index (χ1v) is 7.55. The molecule has 0 bridgehead atoms. The van der Waals surface area contributed by atoms with Gasteiger partial charge in [-0.3, -0.25) is 4.79 Å². The summed E-state index contributed by atoms with van der Waals surface area (Å²) in [7, 11) is 0. The molecule has 0 amide bonds. The Balaban J connectivity index is 1.93. The van der Waals surface area contributed by atoms with Crippen molar-refractivity contribution in [1.82, 2.24) is 0 Å². The summed E-state index contributed by atoms with van der Waals surface area (Å²) in [6, 6.07) is 7.40. The predicted molar refractivity (Wildman–Crippen MR) is 86.3 cm³/mol. The lowest BCUT2D eigenvalue weighted by atomic mass is 10.0. The maximum absolute atomic E-state index is 13.5. The lowest BCUT2D eigenvalue weighted by Crippen LogP contribution is -2.02. The van der Waals surface area contributed by atoms with Gasteiger partial charge >= 0.3 is 0 Å². The van der Waals surface area contributed by atoms with Crippen molar-refractivity contribution < 1.29 is 23.8 Å². The number of ketones is 1. The number of allylic oxidation sites excluding steroid dienone is 1. The van der Waals surface area contributed by atoms with Gasteiger partial charge in [0.1, 0.15) is 11.6 Å². The monoisotopic (exact) mass is 378 g/mol. The highest BCUT2D eigenvalue weighted by Crippen LogP contribution is 2.34. The second kappa shape index (κ2) is 6.04. The number of carbonyl (C=O) groups is 1. The van der Waals surface area contributed by atoms with E-state index in [-0.39, 0.29) is 22.6 Å². The van der Waals surface area contributed by atoms with Crippen LogP contribution in [-0.4, -0.2) is 17.7 Å². The molecule has 0 spiro atoms. The number of hydrogen-bond donors (Lipinski definition) is 1. The van der Waals surface area contributed by atoms with Crippen LogP contribution < -0.4 is 9.47 Å². The third-order valence-electron chi connectivity index (χ3n) is 3.41. The number of benzene rings is 2. The molecule has 1 heterocycles. The Morgan fingerprint density at radius 1 is 1.26 bits per heavy atom. The first-order valence-electron chi connectivity index (χ1n) is 6.76.